The lowest BCUT2D eigenvalue weighted by atomic mass is 10.0. The van der Waals surface area contributed by atoms with Gasteiger partial charge in [-0.15, -0.1) is 0 Å². The van der Waals surface area contributed by atoms with Crippen molar-refractivity contribution in [2.75, 3.05) is 12.5 Å². The van der Waals surface area contributed by atoms with Gasteiger partial charge in [0.15, 0.2) is 17.8 Å². The lowest BCUT2D eigenvalue weighted by Gasteiger charge is -2.07. The predicted octanol–water partition coefficient (Wildman–Crippen LogP) is 2.12. The molecule has 0 fully saturated rings. The van der Waals surface area contributed by atoms with Crippen molar-refractivity contribution >= 4 is 23.8 Å². The third kappa shape index (κ3) is 1.42. The Morgan fingerprint density at radius 1 is 1.33 bits per heavy atom. The van der Waals surface area contributed by atoms with Gasteiger partial charge in [-0.05, 0) is 6.07 Å². The van der Waals surface area contributed by atoms with Gasteiger partial charge < -0.3 is 19.7 Å². The third-order valence-electron chi connectivity index (χ3n) is 2.64. The summed E-state index contributed by atoms with van der Waals surface area (Å²) in [7, 11) is 0. The summed E-state index contributed by atoms with van der Waals surface area (Å²) in [5.74, 6) is 0.868. The minimum absolute atomic E-state index is 0.0225. The predicted molar refractivity (Wildman–Crippen MR) is 62.9 cm³/mol. The number of nitrogen functional groups attached to an aromatic ring is 1. The number of halogens is 1. The number of aldehydes is 1. The van der Waals surface area contributed by atoms with Crippen molar-refractivity contribution in [1.82, 2.24) is 5.16 Å². The molecule has 0 atom stereocenters. The molecule has 2 N–H and O–H groups in total. The first-order valence-electron chi connectivity index (χ1n) is 5.00. The van der Waals surface area contributed by atoms with Gasteiger partial charge in [0.25, 0.3) is 0 Å². The van der Waals surface area contributed by atoms with Crippen LogP contribution in [0.15, 0.2) is 16.8 Å². The lowest BCUT2D eigenvalue weighted by molar-refractivity contribution is 0.111. The zero-order valence-corrected chi connectivity index (χ0v) is 9.73. The van der Waals surface area contributed by atoms with Crippen LogP contribution < -0.4 is 15.2 Å². The summed E-state index contributed by atoms with van der Waals surface area (Å²) in [6.07, 6.45) is 2.07. The van der Waals surface area contributed by atoms with Crippen LogP contribution in [0.2, 0.25) is 5.02 Å². The number of hydrogen-bond acceptors (Lipinski definition) is 6. The number of rotatable bonds is 2. The monoisotopic (exact) mass is 266 g/mol. The largest absolute Gasteiger partial charge is 0.453 e. The molecule has 2 heterocycles. The normalized spacial score (nSPS) is 12.7. The van der Waals surface area contributed by atoms with Gasteiger partial charge in [-0.1, -0.05) is 16.8 Å². The zero-order chi connectivity index (χ0) is 12.7. The number of ether oxygens (including phenoxy) is 2. The highest BCUT2D eigenvalue weighted by atomic mass is 35.5. The number of aromatic nitrogens is 1. The molecule has 0 spiro atoms. The number of nitrogens with two attached hydrogens (primary N) is 1. The van der Waals surface area contributed by atoms with Crippen molar-refractivity contribution in [3.05, 3.63) is 22.8 Å². The molecule has 18 heavy (non-hydrogen) atoms. The highest BCUT2D eigenvalue weighted by Gasteiger charge is 2.27. The Morgan fingerprint density at radius 3 is 2.78 bits per heavy atom. The average Bonchev–Trinajstić information content (AvgIpc) is 2.97. The van der Waals surface area contributed by atoms with E-state index in [1.807, 2.05) is 0 Å². The van der Waals surface area contributed by atoms with Gasteiger partial charge in [0.05, 0.1) is 22.3 Å². The molecular formula is C11H7ClN2O4. The summed E-state index contributed by atoms with van der Waals surface area (Å²) in [5.41, 5.74) is 7.02. The summed E-state index contributed by atoms with van der Waals surface area (Å²) in [4.78, 5) is 11.0. The maximum Gasteiger partial charge on any atom is 0.231 e. The highest BCUT2D eigenvalue weighted by molar-refractivity contribution is 6.33. The number of hydrogen-bond donors (Lipinski definition) is 1. The fourth-order valence-electron chi connectivity index (χ4n) is 1.82. The molecule has 0 bridgehead atoms. The molecule has 0 radical (unpaired) electrons. The molecule has 1 aromatic heterocycles. The third-order valence-corrected chi connectivity index (χ3v) is 2.95. The first-order chi connectivity index (χ1) is 8.72. The van der Waals surface area contributed by atoms with Crippen LogP contribution in [0.25, 0.3) is 11.1 Å². The van der Waals surface area contributed by atoms with E-state index in [0.29, 0.717) is 28.9 Å². The van der Waals surface area contributed by atoms with Gasteiger partial charge in [0, 0.05) is 5.56 Å². The Bertz CT molecular complexity index is 638. The smallest absolute Gasteiger partial charge is 0.231 e. The van der Waals surface area contributed by atoms with Crippen molar-refractivity contribution in [2.24, 2.45) is 0 Å². The molecule has 92 valence electrons. The summed E-state index contributed by atoms with van der Waals surface area (Å²) >= 11 is 6.02. The van der Waals surface area contributed by atoms with Gasteiger partial charge >= 0.3 is 0 Å². The number of benzene rings is 1. The second-order valence-corrected chi connectivity index (χ2v) is 4.01. The van der Waals surface area contributed by atoms with E-state index in [0.717, 1.165) is 0 Å². The van der Waals surface area contributed by atoms with E-state index in [9.17, 15) is 4.79 Å². The number of carbonyl (C=O) groups excluding carboxylic acids is 1. The van der Waals surface area contributed by atoms with Gasteiger partial charge in [-0.25, -0.2) is 0 Å². The van der Waals surface area contributed by atoms with Crippen molar-refractivity contribution in [3.8, 4) is 22.6 Å². The van der Waals surface area contributed by atoms with Crippen LogP contribution in [-0.4, -0.2) is 18.2 Å². The fourth-order valence-corrected chi connectivity index (χ4v) is 2.06. The molecule has 0 aliphatic carbocycles. The van der Waals surface area contributed by atoms with E-state index < -0.39 is 0 Å². The van der Waals surface area contributed by atoms with Crippen LogP contribution in [0.1, 0.15) is 10.4 Å². The second kappa shape index (κ2) is 3.92. The number of carbonyl (C=O) groups is 1. The average molecular weight is 267 g/mol. The first-order valence-corrected chi connectivity index (χ1v) is 5.38. The van der Waals surface area contributed by atoms with Crippen molar-refractivity contribution in [1.29, 1.82) is 0 Å². The van der Waals surface area contributed by atoms with Crippen molar-refractivity contribution < 1.29 is 18.8 Å². The van der Waals surface area contributed by atoms with Crippen LogP contribution in [-0.2, 0) is 0 Å². The van der Waals surface area contributed by atoms with E-state index in [1.54, 1.807) is 6.07 Å². The molecule has 1 aliphatic heterocycles. The Kier molecular flexibility index (Phi) is 2.38. The van der Waals surface area contributed by atoms with Gasteiger partial charge in [0.2, 0.25) is 12.7 Å². The van der Waals surface area contributed by atoms with Crippen LogP contribution in [0, 0.1) is 0 Å². The van der Waals surface area contributed by atoms with Crippen LogP contribution in [0.3, 0.4) is 0 Å². The molecule has 1 aliphatic rings. The summed E-state index contributed by atoms with van der Waals surface area (Å²) in [5, 5.41) is 3.84. The fraction of sp³-hybridized carbons (Fsp3) is 0.0909. The molecule has 7 heteroatoms. The number of nitrogens with zero attached hydrogens (tertiary/aromatic N) is 1. The van der Waals surface area contributed by atoms with E-state index in [2.05, 4.69) is 5.16 Å². The van der Waals surface area contributed by atoms with Gasteiger partial charge in [0.1, 0.15) is 0 Å². The van der Waals surface area contributed by atoms with E-state index >= 15 is 0 Å². The molecule has 1 aromatic carbocycles. The minimum Gasteiger partial charge on any atom is -0.453 e. The quantitative estimate of drug-likeness (QED) is 0.838. The standard InChI is InChI=1S/C11H7ClN2O4/c12-8-1-5(6-2-14-18-11(6)13)9-10(7(8)3-15)17-4-16-9/h1-3H,4,13H2. The lowest BCUT2D eigenvalue weighted by Crippen LogP contribution is -1.94. The molecule has 3 rings (SSSR count). The molecule has 2 aromatic rings. The minimum atomic E-state index is 0.0225. The van der Waals surface area contributed by atoms with Crippen LogP contribution in [0.5, 0.6) is 11.5 Å². The Morgan fingerprint density at radius 2 is 2.11 bits per heavy atom. The Labute approximate surface area is 106 Å². The Balaban J connectivity index is 2.30. The molecule has 0 saturated heterocycles. The summed E-state index contributed by atoms with van der Waals surface area (Å²) in [6, 6.07) is 1.57. The topological polar surface area (TPSA) is 87.6 Å². The number of fused-ring (bicyclic) bond motifs is 1. The second-order valence-electron chi connectivity index (χ2n) is 3.61. The maximum atomic E-state index is 11.0. The zero-order valence-electron chi connectivity index (χ0n) is 8.97. The van der Waals surface area contributed by atoms with Gasteiger partial charge in [-0.3, -0.25) is 4.79 Å². The van der Waals surface area contributed by atoms with Crippen molar-refractivity contribution in [3.63, 3.8) is 0 Å². The summed E-state index contributed by atoms with van der Waals surface area (Å²) < 4.78 is 15.4. The molecule has 6 nitrogen and oxygen atoms in total. The number of anilines is 1. The highest BCUT2D eigenvalue weighted by Crippen LogP contribution is 2.47. The van der Waals surface area contributed by atoms with E-state index in [4.69, 9.17) is 31.3 Å². The van der Waals surface area contributed by atoms with Crippen LogP contribution in [0.4, 0.5) is 5.88 Å². The SMILES string of the molecule is Nc1oncc1-c1cc(Cl)c(C=O)c2c1OCO2. The summed E-state index contributed by atoms with van der Waals surface area (Å²) in [6.45, 7) is 0.0225. The Hall–Kier alpha value is -2.21. The molecule has 0 saturated carbocycles. The molecule has 0 amide bonds. The van der Waals surface area contributed by atoms with Crippen LogP contribution >= 0.6 is 11.6 Å². The maximum absolute atomic E-state index is 11.0. The first kappa shape index (κ1) is 10.9. The molecule has 0 unspecified atom stereocenters. The van der Waals surface area contributed by atoms with Gasteiger partial charge in [-0.2, -0.15) is 0 Å². The van der Waals surface area contributed by atoms with E-state index in [1.165, 1.54) is 6.20 Å². The van der Waals surface area contributed by atoms with E-state index in [-0.39, 0.29) is 23.3 Å². The van der Waals surface area contributed by atoms with Crippen molar-refractivity contribution in [2.45, 2.75) is 0 Å². The molecular weight excluding hydrogens is 260 g/mol.